The zero-order valence-electron chi connectivity index (χ0n) is 15.6. The maximum absolute atomic E-state index is 12.7. The molecular weight excluding hydrogens is 348 g/mol. The molecule has 27 heavy (non-hydrogen) atoms. The van der Waals surface area contributed by atoms with E-state index < -0.39 is 4.92 Å². The van der Waals surface area contributed by atoms with Crippen molar-refractivity contribution in [2.45, 2.75) is 33.1 Å². The maximum atomic E-state index is 12.7. The minimum Gasteiger partial charge on any atom is -0.493 e. The molecular formula is C19H22N4O4. The summed E-state index contributed by atoms with van der Waals surface area (Å²) in [5.41, 5.74) is 2.12. The fourth-order valence-corrected chi connectivity index (χ4v) is 3.11. The highest BCUT2D eigenvalue weighted by Crippen LogP contribution is 2.32. The highest BCUT2D eigenvalue weighted by molar-refractivity contribution is 5.81. The molecule has 0 radical (unpaired) electrons. The average Bonchev–Trinajstić information content (AvgIpc) is 2.96. The predicted molar refractivity (Wildman–Crippen MR) is 103 cm³/mol. The highest BCUT2D eigenvalue weighted by Gasteiger charge is 2.19. The lowest BCUT2D eigenvalue weighted by atomic mass is 10.1. The third kappa shape index (κ3) is 3.55. The van der Waals surface area contributed by atoms with Gasteiger partial charge in [-0.15, -0.1) is 0 Å². The molecule has 1 aromatic carbocycles. The molecule has 1 N–H and O–H groups in total. The lowest BCUT2D eigenvalue weighted by molar-refractivity contribution is -0.384. The normalized spacial score (nSPS) is 11.1. The van der Waals surface area contributed by atoms with Gasteiger partial charge in [-0.1, -0.05) is 20.3 Å². The quantitative estimate of drug-likeness (QED) is 0.506. The van der Waals surface area contributed by atoms with Crippen LogP contribution in [0.1, 0.15) is 32.3 Å². The summed E-state index contributed by atoms with van der Waals surface area (Å²) in [5, 5.41) is 11.2. The first-order chi connectivity index (χ1) is 13.0. The summed E-state index contributed by atoms with van der Waals surface area (Å²) in [7, 11) is 1.81. The number of nitro groups is 1. The van der Waals surface area contributed by atoms with Crippen molar-refractivity contribution < 1.29 is 9.66 Å². The van der Waals surface area contributed by atoms with Crippen molar-refractivity contribution in [2.24, 2.45) is 7.05 Å². The van der Waals surface area contributed by atoms with Crippen molar-refractivity contribution in [1.29, 1.82) is 0 Å². The Bertz CT molecular complexity index is 1050. The van der Waals surface area contributed by atoms with Gasteiger partial charge in [-0.05, 0) is 24.5 Å². The van der Waals surface area contributed by atoms with Gasteiger partial charge in [-0.25, -0.2) is 4.98 Å². The molecule has 0 saturated heterocycles. The number of nitrogens with zero attached hydrogens (tertiary/aromatic N) is 3. The molecule has 2 heterocycles. The van der Waals surface area contributed by atoms with Crippen LogP contribution in [0.25, 0.3) is 22.4 Å². The standard InChI is InChI=1S/C19H22N4O4/c1-4-6-12-11-22(3)17-16(12)20-18(21-19(17)24)14-10-13(23(25)26)7-8-15(14)27-9-5-2/h7-8,10-11H,4-6,9H2,1-3H3,(H,20,21,24). The molecule has 0 atom stereocenters. The predicted octanol–water partition coefficient (Wildman–Crippen LogP) is 3.58. The zero-order chi connectivity index (χ0) is 19.6. The van der Waals surface area contributed by atoms with Crippen molar-refractivity contribution in [3.63, 3.8) is 0 Å². The topological polar surface area (TPSA) is 103 Å². The lowest BCUT2D eigenvalue weighted by Gasteiger charge is -2.10. The summed E-state index contributed by atoms with van der Waals surface area (Å²) in [6, 6.07) is 4.32. The zero-order valence-corrected chi connectivity index (χ0v) is 15.6. The first-order valence-corrected chi connectivity index (χ1v) is 8.96. The van der Waals surface area contributed by atoms with Gasteiger partial charge in [0.25, 0.3) is 11.2 Å². The van der Waals surface area contributed by atoms with Crippen LogP contribution in [0.4, 0.5) is 5.69 Å². The number of hydrogen-bond donors (Lipinski definition) is 1. The molecule has 0 saturated carbocycles. The molecule has 142 valence electrons. The SMILES string of the molecule is CCCOc1ccc([N+](=O)[O-])cc1-c1nc2c(CCC)cn(C)c2c(=O)[nH]1. The first-order valence-electron chi connectivity index (χ1n) is 8.96. The molecule has 8 heteroatoms. The van der Waals surface area contributed by atoms with Gasteiger partial charge in [-0.3, -0.25) is 14.9 Å². The number of rotatable bonds is 7. The molecule has 3 rings (SSSR count). The van der Waals surface area contributed by atoms with Crippen molar-refractivity contribution in [3.8, 4) is 17.1 Å². The highest BCUT2D eigenvalue weighted by atomic mass is 16.6. The third-order valence-electron chi connectivity index (χ3n) is 4.31. The van der Waals surface area contributed by atoms with Crippen molar-refractivity contribution >= 4 is 16.7 Å². The van der Waals surface area contributed by atoms with E-state index in [-0.39, 0.29) is 17.1 Å². The van der Waals surface area contributed by atoms with Gasteiger partial charge in [0.15, 0.2) is 0 Å². The van der Waals surface area contributed by atoms with Crippen molar-refractivity contribution in [1.82, 2.24) is 14.5 Å². The summed E-state index contributed by atoms with van der Waals surface area (Å²) in [6.07, 6.45) is 4.41. The van der Waals surface area contributed by atoms with Gasteiger partial charge < -0.3 is 14.3 Å². The molecule has 0 amide bonds. The van der Waals surface area contributed by atoms with Gasteiger partial charge >= 0.3 is 0 Å². The molecule has 2 aromatic heterocycles. The van der Waals surface area contributed by atoms with E-state index >= 15 is 0 Å². The molecule has 0 aliphatic rings. The van der Waals surface area contributed by atoms with Crippen LogP contribution in [0.15, 0.2) is 29.2 Å². The number of benzene rings is 1. The fraction of sp³-hybridized carbons (Fsp3) is 0.368. The number of aryl methyl sites for hydroxylation is 2. The minimum absolute atomic E-state index is 0.0848. The molecule has 0 unspecified atom stereocenters. The van der Waals surface area contributed by atoms with Gasteiger partial charge in [-0.2, -0.15) is 0 Å². The Balaban J connectivity index is 2.24. The molecule has 0 fully saturated rings. The second-order valence-corrected chi connectivity index (χ2v) is 6.41. The Morgan fingerprint density at radius 1 is 1.30 bits per heavy atom. The van der Waals surface area contributed by atoms with Crippen molar-refractivity contribution in [3.05, 3.63) is 50.4 Å². The second kappa shape index (κ2) is 7.61. The maximum Gasteiger partial charge on any atom is 0.275 e. The summed E-state index contributed by atoms with van der Waals surface area (Å²) in [6.45, 7) is 4.49. The van der Waals surface area contributed by atoms with E-state index in [0.29, 0.717) is 29.0 Å². The smallest absolute Gasteiger partial charge is 0.275 e. The lowest BCUT2D eigenvalue weighted by Crippen LogP contribution is -2.12. The van der Waals surface area contributed by atoms with Crippen LogP contribution >= 0.6 is 0 Å². The summed E-state index contributed by atoms with van der Waals surface area (Å²) >= 11 is 0. The van der Waals surface area contributed by atoms with Crippen LogP contribution in [0.3, 0.4) is 0 Å². The van der Waals surface area contributed by atoms with Gasteiger partial charge in [0.1, 0.15) is 17.1 Å². The Labute approximate surface area is 156 Å². The number of H-pyrrole nitrogens is 1. The van der Waals surface area contributed by atoms with Crippen LogP contribution in [0.2, 0.25) is 0 Å². The van der Waals surface area contributed by atoms with E-state index in [2.05, 4.69) is 16.9 Å². The van der Waals surface area contributed by atoms with E-state index in [9.17, 15) is 14.9 Å². The Kier molecular flexibility index (Phi) is 5.25. The Morgan fingerprint density at radius 3 is 2.74 bits per heavy atom. The van der Waals surface area contributed by atoms with Gasteiger partial charge in [0.05, 0.1) is 22.6 Å². The number of fused-ring (bicyclic) bond motifs is 1. The minimum atomic E-state index is -0.477. The third-order valence-corrected chi connectivity index (χ3v) is 4.31. The molecule has 0 aliphatic carbocycles. The van der Waals surface area contributed by atoms with Crippen LogP contribution < -0.4 is 10.3 Å². The number of nitrogens with one attached hydrogen (secondary N) is 1. The van der Waals surface area contributed by atoms with E-state index in [4.69, 9.17) is 4.74 Å². The monoisotopic (exact) mass is 370 g/mol. The van der Waals surface area contributed by atoms with E-state index in [1.807, 2.05) is 13.1 Å². The van der Waals surface area contributed by atoms with Gasteiger partial charge in [0.2, 0.25) is 0 Å². The Morgan fingerprint density at radius 2 is 2.07 bits per heavy atom. The number of aromatic nitrogens is 3. The molecule has 8 nitrogen and oxygen atoms in total. The van der Waals surface area contributed by atoms with Crippen LogP contribution in [0, 0.1) is 10.1 Å². The number of hydrogen-bond acceptors (Lipinski definition) is 5. The van der Waals surface area contributed by atoms with Crippen LogP contribution in [-0.2, 0) is 13.5 Å². The summed E-state index contributed by atoms with van der Waals surface area (Å²) in [5.74, 6) is 0.726. The molecule has 3 aromatic rings. The van der Waals surface area contributed by atoms with E-state index in [1.165, 1.54) is 12.1 Å². The van der Waals surface area contributed by atoms with Crippen LogP contribution in [0.5, 0.6) is 5.75 Å². The largest absolute Gasteiger partial charge is 0.493 e. The number of nitro benzene ring substituents is 1. The fourth-order valence-electron chi connectivity index (χ4n) is 3.11. The first kappa shape index (κ1) is 18.6. The van der Waals surface area contributed by atoms with Crippen molar-refractivity contribution in [2.75, 3.05) is 6.61 Å². The number of non-ortho nitro benzene ring substituents is 1. The van der Waals surface area contributed by atoms with E-state index in [1.54, 1.807) is 17.7 Å². The molecule has 0 bridgehead atoms. The summed E-state index contributed by atoms with van der Waals surface area (Å²) < 4.78 is 7.48. The summed E-state index contributed by atoms with van der Waals surface area (Å²) in [4.78, 5) is 30.8. The van der Waals surface area contributed by atoms with E-state index in [0.717, 1.165) is 24.8 Å². The number of ether oxygens (including phenoxy) is 1. The average molecular weight is 370 g/mol. The molecule has 0 spiro atoms. The molecule has 0 aliphatic heterocycles. The van der Waals surface area contributed by atoms with Crippen LogP contribution in [-0.4, -0.2) is 26.1 Å². The Hall–Kier alpha value is -3.16. The number of aromatic amines is 1. The second-order valence-electron chi connectivity index (χ2n) is 6.41. The van der Waals surface area contributed by atoms with Gasteiger partial charge in [0, 0.05) is 25.4 Å².